The topological polar surface area (TPSA) is 42.2 Å². The molecule has 0 bridgehead atoms. The van der Waals surface area contributed by atoms with E-state index in [1.807, 2.05) is 28.8 Å². The predicted molar refractivity (Wildman–Crippen MR) is 99.5 cm³/mol. The summed E-state index contributed by atoms with van der Waals surface area (Å²) in [6.45, 7) is 4.21. The van der Waals surface area contributed by atoms with Crippen LogP contribution in [0.3, 0.4) is 0 Å². The number of fused-ring (bicyclic) bond motifs is 1. The summed E-state index contributed by atoms with van der Waals surface area (Å²) in [4.78, 5) is 4.66. The van der Waals surface area contributed by atoms with Gasteiger partial charge in [0.15, 0.2) is 0 Å². The zero-order valence-corrected chi connectivity index (χ0v) is 14.4. The van der Waals surface area contributed by atoms with Gasteiger partial charge in [0, 0.05) is 34.6 Å². The molecule has 4 rings (SSSR count). The maximum Gasteiger partial charge on any atom is 0.137 e. The molecule has 4 aromatic rings. The number of anilines is 1. The summed E-state index contributed by atoms with van der Waals surface area (Å²) in [6.07, 6.45) is 4.07. The molecule has 1 aromatic carbocycles. The second-order valence-electron chi connectivity index (χ2n) is 5.89. The molecule has 1 atom stereocenters. The number of benzene rings is 1. The molecule has 0 saturated heterocycles. The van der Waals surface area contributed by atoms with E-state index in [9.17, 15) is 0 Å². The molecule has 120 valence electrons. The van der Waals surface area contributed by atoms with E-state index in [1.54, 1.807) is 0 Å². The average molecular weight is 334 g/mol. The maximum absolute atomic E-state index is 4.66. The van der Waals surface area contributed by atoms with Crippen molar-refractivity contribution in [3.63, 3.8) is 0 Å². The van der Waals surface area contributed by atoms with Gasteiger partial charge in [0.1, 0.15) is 5.65 Å². The first kappa shape index (κ1) is 14.9. The number of hydrogen-bond donors (Lipinski definition) is 1. The van der Waals surface area contributed by atoms with Crippen LogP contribution in [0.4, 0.5) is 5.69 Å². The van der Waals surface area contributed by atoms with Gasteiger partial charge in [-0.2, -0.15) is 4.37 Å². The minimum Gasteiger partial charge on any atom is -0.378 e. The fourth-order valence-electron chi connectivity index (χ4n) is 2.85. The molecule has 1 unspecified atom stereocenters. The number of nitrogens with zero attached hydrogens (tertiary/aromatic N) is 3. The Hall–Kier alpha value is -2.66. The van der Waals surface area contributed by atoms with Crippen molar-refractivity contribution in [1.82, 2.24) is 13.8 Å². The van der Waals surface area contributed by atoms with Crippen LogP contribution in [-0.2, 0) is 0 Å². The van der Waals surface area contributed by atoms with Crippen molar-refractivity contribution in [3.05, 3.63) is 71.5 Å². The summed E-state index contributed by atoms with van der Waals surface area (Å²) in [5, 5.41) is 5.64. The minimum absolute atomic E-state index is 0.241. The van der Waals surface area contributed by atoms with Crippen LogP contribution in [0.25, 0.3) is 16.9 Å². The van der Waals surface area contributed by atoms with Crippen molar-refractivity contribution in [2.75, 3.05) is 5.32 Å². The summed E-state index contributed by atoms with van der Waals surface area (Å²) in [5.41, 5.74) is 6.51. The molecular formula is C19H18N4S. The number of aryl methyl sites for hydroxylation is 1. The van der Waals surface area contributed by atoms with Crippen LogP contribution in [0.15, 0.2) is 60.2 Å². The third kappa shape index (κ3) is 2.78. The van der Waals surface area contributed by atoms with E-state index < -0.39 is 0 Å². The fourth-order valence-corrected chi connectivity index (χ4v) is 3.66. The number of hydrogen-bond acceptors (Lipinski definition) is 4. The maximum atomic E-state index is 4.66. The highest BCUT2D eigenvalue weighted by Gasteiger charge is 2.10. The lowest BCUT2D eigenvalue weighted by Crippen LogP contribution is -2.06. The molecule has 0 spiro atoms. The van der Waals surface area contributed by atoms with E-state index >= 15 is 0 Å². The Kier molecular flexibility index (Phi) is 3.78. The third-order valence-corrected chi connectivity index (χ3v) is 4.92. The first-order valence-corrected chi connectivity index (χ1v) is 8.76. The van der Waals surface area contributed by atoms with E-state index in [-0.39, 0.29) is 6.04 Å². The van der Waals surface area contributed by atoms with Gasteiger partial charge in [-0.05, 0) is 49.6 Å². The lowest BCUT2D eigenvalue weighted by molar-refractivity contribution is 0.874. The highest BCUT2D eigenvalue weighted by Crippen LogP contribution is 2.25. The smallest absolute Gasteiger partial charge is 0.137 e. The average Bonchev–Trinajstić information content (AvgIpc) is 3.21. The number of rotatable bonds is 4. The van der Waals surface area contributed by atoms with Crippen LogP contribution < -0.4 is 5.32 Å². The number of nitrogens with one attached hydrogen (secondary N) is 1. The number of pyridine rings is 1. The SMILES string of the molecule is Cc1nscc1C(C)Nc1ccc(-c2cn3ccccc3n2)cc1. The van der Waals surface area contributed by atoms with E-state index in [0.717, 1.165) is 28.3 Å². The first-order valence-electron chi connectivity index (χ1n) is 7.92. The molecule has 0 radical (unpaired) electrons. The van der Waals surface area contributed by atoms with E-state index in [4.69, 9.17) is 0 Å². The molecule has 1 N–H and O–H groups in total. The molecule has 0 fully saturated rings. The van der Waals surface area contributed by atoms with Crippen molar-refractivity contribution >= 4 is 22.9 Å². The van der Waals surface area contributed by atoms with Gasteiger partial charge >= 0.3 is 0 Å². The Bertz CT molecular complexity index is 935. The lowest BCUT2D eigenvalue weighted by Gasteiger charge is -2.15. The molecule has 0 aliphatic rings. The molecule has 0 amide bonds. The summed E-state index contributed by atoms with van der Waals surface area (Å²) in [6, 6.07) is 14.7. The molecule has 0 aliphatic heterocycles. The van der Waals surface area contributed by atoms with Gasteiger partial charge in [0.05, 0.1) is 17.4 Å². The van der Waals surface area contributed by atoms with Crippen molar-refractivity contribution in [1.29, 1.82) is 0 Å². The standard InChI is InChI=1S/C19H18N4S/c1-13(17-12-24-22-14(17)2)20-16-8-6-15(7-9-16)18-11-23-10-4-3-5-19(23)21-18/h3-13,20H,1-2H3. The summed E-state index contributed by atoms with van der Waals surface area (Å²) in [7, 11) is 0. The second-order valence-corrected chi connectivity index (χ2v) is 6.52. The zero-order chi connectivity index (χ0) is 16.5. The minimum atomic E-state index is 0.241. The van der Waals surface area contributed by atoms with Crippen molar-refractivity contribution in [3.8, 4) is 11.3 Å². The Morgan fingerprint density at radius 2 is 1.96 bits per heavy atom. The van der Waals surface area contributed by atoms with Gasteiger partial charge in [-0.15, -0.1) is 0 Å². The quantitative estimate of drug-likeness (QED) is 0.575. The number of aromatic nitrogens is 3. The Morgan fingerprint density at radius 1 is 1.12 bits per heavy atom. The van der Waals surface area contributed by atoms with Crippen LogP contribution >= 0.6 is 11.5 Å². The van der Waals surface area contributed by atoms with Gasteiger partial charge in [-0.3, -0.25) is 0 Å². The van der Waals surface area contributed by atoms with Gasteiger partial charge in [-0.25, -0.2) is 4.98 Å². The van der Waals surface area contributed by atoms with Gasteiger partial charge < -0.3 is 9.72 Å². The Labute approximate surface area is 145 Å². The molecule has 24 heavy (non-hydrogen) atoms. The molecule has 3 heterocycles. The summed E-state index contributed by atoms with van der Waals surface area (Å²) < 4.78 is 6.38. The van der Waals surface area contributed by atoms with Crippen molar-refractivity contribution < 1.29 is 0 Å². The summed E-state index contributed by atoms with van der Waals surface area (Å²) in [5.74, 6) is 0. The monoisotopic (exact) mass is 334 g/mol. The lowest BCUT2D eigenvalue weighted by atomic mass is 10.1. The highest BCUT2D eigenvalue weighted by atomic mass is 32.1. The largest absolute Gasteiger partial charge is 0.378 e. The molecule has 4 nitrogen and oxygen atoms in total. The van der Waals surface area contributed by atoms with Crippen LogP contribution in [0.5, 0.6) is 0 Å². The normalized spacial score (nSPS) is 12.4. The Morgan fingerprint density at radius 3 is 2.67 bits per heavy atom. The van der Waals surface area contributed by atoms with Crippen LogP contribution in [0.2, 0.25) is 0 Å². The van der Waals surface area contributed by atoms with Crippen LogP contribution in [-0.4, -0.2) is 13.8 Å². The molecule has 5 heteroatoms. The van der Waals surface area contributed by atoms with Gasteiger partial charge in [0.25, 0.3) is 0 Å². The van der Waals surface area contributed by atoms with E-state index in [2.05, 4.69) is 64.4 Å². The van der Waals surface area contributed by atoms with Crippen LogP contribution in [0, 0.1) is 6.92 Å². The van der Waals surface area contributed by atoms with Crippen molar-refractivity contribution in [2.45, 2.75) is 19.9 Å². The predicted octanol–water partition coefficient (Wildman–Crippen LogP) is 4.94. The third-order valence-electron chi connectivity index (χ3n) is 4.18. The van der Waals surface area contributed by atoms with E-state index in [0.29, 0.717) is 0 Å². The van der Waals surface area contributed by atoms with E-state index in [1.165, 1.54) is 17.1 Å². The van der Waals surface area contributed by atoms with Gasteiger partial charge in [0.2, 0.25) is 0 Å². The number of imidazole rings is 1. The van der Waals surface area contributed by atoms with Crippen LogP contribution in [0.1, 0.15) is 24.2 Å². The Balaban J connectivity index is 1.55. The van der Waals surface area contributed by atoms with Gasteiger partial charge in [-0.1, -0.05) is 18.2 Å². The molecule has 3 aromatic heterocycles. The highest BCUT2D eigenvalue weighted by molar-refractivity contribution is 7.03. The fraction of sp³-hybridized carbons (Fsp3) is 0.158. The summed E-state index contributed by atoms with van der Waals surface area (Å²) >= 11 is 1.51. The molecule has 0 aliphatic carbocycles. The molecular weight excluding hydrogens is 316 g/mol. The molecule has 0 saturated carbocycles. The zero-order valence-electron chi connectivity index (χ0n) is 13.6. The first-order chi connectivity index (χ1) is 11.7. The van der Waals surface area contributed by atoms with Crippen molar-refractivity contribution in [2.24, 2.45) is 0 Å². The second kappa shape index (κ2) is 6.09.